The second kappa shape index (κ2) is 8.39. The Labute approximate surface area is 119 Å². The highest BCUT2D eigenvalue weighted by atomic mass is 127. The van der Waals surface area contributed by atoms with Crippen molar-refractivity contribution in [2.24, 2.45) is 0 Å². The first-order chi connectivity index (χ1) is 8.66. The quantitative estimate of drug-likeness (QED) is 0.445. The van der Waals surface area contributed by atoms with Crippen LogP contribution in [0.2, 0.25) is 0 Å². The zero-order valence-electron chi connectivity index (χ0n) is 10.0. The molecule has 18 heavy (non-hydrogen) atoms. The molecule has 0 saturated heterocycles. The number of nitrogens with one attached hydrogen (secondary N) is 1. The molecule has 0 fully saturated rings. The number of rotatable bonds is 7. The summed E-state index contributed by atoms with van der Waals surface area (Å²) in [5.74, 6) is -2.63. The molecule has 0 bridgehead atoms. The Bertz CT molecular complexity index is 399. The first-order valence-electron chi connectivity index (χ1n) is 5.95. The number of alkyl halides is 1. The van der Waals surface area contributed by atoms with Crippen molar-refractivity contribution in [3.63, 3.8) is 0 Å². The van der Waals surface area contributed by atoms with Crippen molar-refractivity contribution in [2.75, 3.05) is 11.0 Å². The molecule has 1 aromatic rings. The summed E-state index contributed by atoms with van der Waals surface area (Å²) in [5, 5.41) is 2.60. The second-order valence-electron chi connectivity index (χ2n) is 3.96. The molecule has 0 spiro atoms. The van der Waals surface area contributed by atoms with Gasteiger partial charge < -0.3 is 5.32 Å². The van der Waals surface area contributed by atoms with Gasteiger partial charge in [0.15, 0.2) is 11.6 Å². The standard InChI is InChI=1S/C13H16F2INO/c14-11-7-5-6-10(12(11)15)13(18)17-9-4-2-1-3-8-16/h5-7H,1-4,8-9H2,(H,17,18). The summed E-state index contributed by atoms with van der Waals surface area (Å²) in [6.45, 7) is 0.496. The molecule has 1 rings (SSSR count). The number of hydrogen-bond donors (Lipinski definition) is 1. The predicted octanol–water partition coefficient (Wildman–Crippen LogP) is 3.69. The van der Waals surface area contributed by atoms with Crippen LogP contribution in [0.15, 0.2) is 18.2 Å². The number of unbranched alkanes of at least 4 members (excludes halogenated alkanes) is 3. The second-order valence-corrected chi connectivity index (χ2v) is 5.04. The third-order valence-corrected chi connectivity index (χ3v) is 3.30. The van der Waals surface area contributed by atoms with Crippen molar-refractivity contribution in [2.45, 2.75) is 25.7 Å². The van der Waals surface area contributed by atoms with Crippen LogP contribution in [0.3, 0.4) is 0 Å². The molecule has 0 saturated carbocycles. The molecule has 0 aromatic heterocycles. The smallest absolute Gasteiger partial charge is 0.254 e. The summed E-state index contributed by atoms with van der Waals surface area (Å²) in [6.07, 6.45) is 4.20. The van der Waals surface area contributed by atoms with Crippen LogP contribution in [0.1, 0.15) is 36.0 Å². The zero-order valence-corrected chi connectivity index (χ0v) is 12.2. The summed E-state index contributed by atoms with van der Waals surface area (Å²) in [7, 11) is 0. The van der Waals surface area contributed by atoms with E-state index in [1.807, 2.05) is 0 Å². The van der Waals surface area contributed by atoms with Gasteiger partial charge >= 0.3 is 0 Å². The number of amides is 1. The molecule has 1 N–H and O–H groups in total. The average molecular weight is 367 g/mol. The number of hydrogen-bond acceptors (Lipinski definition) is 1. The van der Waals surface area contributed by atoms with E-state index in [-0.39, 0.29) is 5.56 Å². The summed E-state index contributed by atoms with van der Waals surface area (Å²) in [5.41, 5.74) is -0.234. The highest BCUT2D eigenvalue weighted by molar-refractivity contribution is 14.1. The molecule has 0 aliphatic rings. The predicted molar refractivity (Wildman–Crippen MR) is 76.0 cm³/mol. The average Bonchev–Trinajstić information content (AvgIpc) is 2.36. The third kappa shape index (κ3) is 4.88. The van der Waals surface area contributed by atoms with Gasteiger partial charge in [0.2, 0.25) is 0 Å². The number of carbonyl (C=O) groups excluding carboxylic acids is 1. The molecule has 0 radical (unpaired) electrons. The fourth-order valence-electron chi connectivity index (χ4n) is 1.55. The van der Waals surface area contributed by atoms with Gasteiger partial charge in [-0.25, -0.2) is 8.78 Å². The van der Waals surface area contributed by atoms with E-state index in [0.29, 0.717) is 6.54 Å². The Morgan fingerprint density at radius 3 is 2.61 bits per heavy atom. The number of benzene rings is 1. The Kier molecular flexibility index (Phi) is 7.15. The maximum absolute atomic E-state index is 13.3. The van der Waals surface area contributed by atoms with E-state index in [2.05, 4.69) is 27.9 Å². The Balaban J connectivity index is 2.35. The van der Waals surface area contributed by atoms with Gasteiger partial charge in [-0.2, -0.15) is 0 Å². The minimum absolute atomic E-state index is 0.234. The van der Waals surface area contributed by atoms with Crippen molar-refractivity contribution < 1.29 is 13.6 Å². The first-order valence-corrected chi connectivity index (χ1v) is 7.47. The Morgan fingerprint density at radius 1 is 1.17 bits per heavy atom. The lowest BCUT2D eigenvalue weighted by molar-refractivity contribution is 0.0948. The Morgan fingerprint density at radius 2 is 1.89 bits per heavy atom. The molecule has 0 heterocycles. The van der Waals surface area contributed by atoms with Crippen LogP contribution >= 0.6 is 22.6 Å². The van der Waals surface area contributed by atoms with Crippen LogP contribution < -0.4 is 5.32 Å². The van der Waals surface area contributed by atoms with Crippen molar-refractivity contribution in [3.05, 3.63) is 35.4 Å². The van der Waals surface area contributed by atoms with Crippen LogP contribution in [0.25, 0.3) is 0 Å². The van der Waals surface area contributed by atoms with Crippen molar-refractivity contribution in [3.8, 4) is 0 Å². The molecule has 100 valence electrons. The van der Waals surface area contributed by atoms with Gasteiger partial charge in [-0.05, 0) is 29.4 Å². The molecule has 0 aliphatic carbocycles. The highest BCUT2D eigenvalue weighted by Gasteiger charge is 2.13. The maximum atomic E-state index is 13.3. The van der Waals surface area contributed by atoms with Gasteiger partial charge in [-0.1, -0.05) is 41.5 Å². The minimum atomic E-state index is -1.08. The van der Waals surface area contributed by atoms with Crippen LogP contribution in [-0.2, 0) is 0 Å². The lowest BCUT2D eigenvalue weighted by atomic mass is 10.1. The summed E-state index contributed by atoms with van der Waals surface area (Å²) in [4.78, 5) is 11.6. The van der Waals surface area contributed by atoms with Crippen molar-refractivity contribution >= 4 is 28.5 Å². The molecular formula is C13H16F2INO. The lowest BCUT2D eigenvalue weighted by Gasteiger charge is -2.06. The number of carbonyl (C=O) groups is 1. The zero-order chi connectivity index (χ0) is 13.4. The van der Waals surface area contributed by atoms with E-state index in [9.17, 15) is 13.6 Å². The third-order valence-electron chi connectivity index (χ3n) is 2.54. The fraction of sp³-hybridized carbons (Fsp3) is 0.462. The van der Waals surface area contributed by atoms with Gasteiger partial charge in [-0.3, -0.25) is 4.79 Å². The molecule has 0 atom stereocenters. The van der Waals surface area contributed by atoms with Gasteiger partial charge in [-0.15, -0.1) is 0 Å². The highest BCUT2D eigenvalue weighted by Crippen LogP contribution is 2.11. The van der Waals surface area contributed by atoms with E-state index < -0.39 is 17.5 Å². The molecule has 0 unspecified atom stereocenters. The van der Waals surface area contributed by atoms with Gasteiger partial charge in [0.05, 0.1) is 5.56 Å². The van der Waals surface area contributed by atoms with E-state index in [4.69, 9.17) is 0 Å². The van der Waals surface area contributed by atoms with Crippen LogP contribution in [-0.4, -0.2) is 16.9 Å². The van der Waals surface area contributed by atoms with Gasteiger partial charge in [0.25, 0.3) is 5.91 Å². The largest absolute Gasteiger partial charge is 0.352 e. The molecule has 5 heteroatoms. The fourth-order valence-corrected chi connectivity index (χ4v) is 2.09. The summed E-state index contributed by atoms with van der Waals surface area (Å²) < 4.78 is 27.3. The number of halogens is 3. The SMILES string of the molecule is O=C(NCCCCCCI)c1cccc(F)c1F. The maximum Gasteiger partial charge on any atom is 0.254 e. The molecular weight excluding hydrogens is 351 g/mol. The lowest BCUT2D eigenvalue weighted by Crippen LogP contribution is -2.25. The van der Waals surface area contributed by atoms with Crippen LogP contribution in [0.4, 0.5) is 8.78 Å². The van der Waals surface area contributed by atoms with Gasteiger partial charge in [0.1, 0.15) is 0 Å². The van der Waals surface area contributed by atoms with Crippen molar-refractivity contribution in [1.82, 2.24) is 5.32 Å². The molecule has 1 amide bonds. The minimum Gasteiger partial charge on any atom is -0.352 e. The van der Waals surface area contributed by atoms with E-state index >= 15 is 0 Å². The topological polar surface area (TPSA) is 29.1 Å². The normalized spacial score (nSPS) is 10.4. The molecule has 1 aromatic carbocycles. The van der Waals surface area contributed by atoms with E-state index in [0.717, 1.165) is 29.8 Å². The van der Waals surface area contributed by atoms with E-state index in [1.54, 1.807) is 0 Å². The Hall–Kier alpha value is -0.720. The first kappa shape index (κ1) is 15.3. The van der Waals surface area contributed by atoms with Crippen LogP contribution in [0.5, 0.6) is 0 Å². The monoisotopic (exact) mass is 367 g/mol. The summed E-state index contributed by atoms with van der Waals surface area (Å²) >= 11 is 2.33. The molecule has 0 aliphatic heterocycles. The van der Waals surface area contributed by atoms with Crippen molar-refractivity contribution in [1.29, 1.82) is 0 Å². The van der Waals surface area contributed by atoms with E-state index in [1.165, 1.54) is 18.6 Å². The summed E-state index contributed by atoms with van der Waals surface area (Å²) in [6, 6.07) is 3.60. The molecule has 2 nitrogen and oxygen atoms in total. The van der Waals surface area contributed by atoms with Gasteiger partial charge in [0, 0.05) is 6.54 Å². The van der Waals surface area contributed by atoms with Crippen LogP contribution in [0, 0.1) is 11.6 Å².